The van der Waals surface area contributed by atoms with Crippen molar-refractivity contribution < 1.29 is 9.53 Å². The van der Waals surface area contributed by atoms with Crippen LogP contribution in [-0.4, -0.2) is 5.91 Å². The summed E-state index contributed by atoms with van der Waals surface area (Å²) in [4.78, 5) is 12.3. The van der Waals surface area contributed by atoms with Gasteiger partial charge in [0.25, 0.3) is 5.91 Å². The molecule has 0 aliphatic carbocycles. The van der Waals surface area contributed by atoms with Gasteiger partial charge in [-0.3, -0.25) is 4.79 Å². The number of rotatable bonds is 5. The quantitative estimate of drug-likeness (QED) is 0.703. The summed E-state index contributed by atoms with van der Waals surface area (Å²) in [7, 11) is 0. The Kier molecular flexibility index (Phi) is 5.14. The molecular weight excluding hydrogens is 310 g/mol. The molecule has 25 heavy (non-hydrogen) atoms. The molecule has 0 radical (unpaired) electrons. The lowest BCUT2D eigenvalue weighted by Crippen LogP contribution is -2.11. The summed E-state index contributed by atoms with van der Waals surface area (Å²) < 4.78 is 5.75. The first kappa shape index (κ1) is 16.8. The normalized spacial score (nSPS) is 10.3. The number of ether oxygens (including phenoxy) is 1. The molecule has 0 bridgehead atoms. The molecule has 3 aromatic carbocycles. The SMILES string of the molecule is Cc1ccc(NC(=O)c2ccc(COc3ccc(C)cc3)cc2)cc1. The van der Waals surface area contributed by atoms with E-state index in [1.54, 1.807) is 0 Å². The molecule has 0 saturated carbocycles. The first-order chi connectivity index (χ1) is 12.1. The number of nitrogens with one attached hydrogen (secondary N) is 1. The Bertz CT molecular complexity index is 835. The lowest BCUT2D eigenvalue weighted by Gasteiger charge is -2.08. The molecule has 0 spiro atoms. The van der Waals surface area contributed by atoms with Gasteiger partial charge in [-0.05, 0) is 55.8 Å². The minimum atomic E-state index is -0.116. The molecule has 0 aromatic heterocycles. The fraction of sp³-hybridized carbons (Fsp3) is 0.136. The van der Waals surface area contributed by atoms with Crippen molar-refractivity contribution in [2.24, 2.45) is 0 Å². The van der Waals surface area contributed by atoms with Crippen molar-refractivity contribution in [2.75, 3.05) is 5.32 Å². The van der Waals surface area contributed by atoms with Gasteiger partial charge < -0.3 is 10.1 Å². The summed E-state index contributed by atoms with van der Waals surface area (Å²) >= 11 is 0. The fourth-order valence-corrected chi connectivity index (χ4v) is 2.39. The summed E-state index contributed by atoms with van der Waals surface area (Å²) in [5, 5.41) is 2.90. The predicted molar refractivity (Wildman–Crippen MR) is 101 cm³/mol. The monoisotopic (exact) mass is 331 g/mol. The number of hydrogen-bond donors (Lipinski definition) is 1. The second-order valence-corrected chi connectivity index (χ2v) is 6.12. The zero-order chi connectivity index (χ0) is 17.6. The second kappa shape index (κ2) is 7.67. The molecule has 3 nitrogen and oxygen atoms in total. The highest BCUT2D eigenvalue weighted by Gasteiger charge is 2.06. The van der Waals surface area contributed by atoms with Gasteiger partial charge in [-0.25, -0.2) is 0 Å². The lowest BCUT2D eigenvalue weighted by molar-refractivity contribution is 0.102. The van der Waals surface area contributed by atoms with E-state index in [1.165, 1.54) is 5.56 Å². The molecule has 0 unspecified atom stereocenters. The maximum atomic E-state index is 12.3. The molecular formula is C22H21NO2. The zero-order valence-electron chi connectivity index (χ0n) is 14.5. The van der Waals surface area contributed by atoms with E-state index in [1.807, 2.05) is 86.6 Å². The molecule has 1 N–H and O–H groups in total. The van der Waals surface area contributed by atoms with Crippen LogP contribution in [0.5, 0.6) is 5.75 Å². The average Bonchev–Trinajstić information content (AvgIpc) is 2.63. The predicted octanol–water partition coefficient (Wildman–Crippen LogP) is 5.13. The highest BCUT2D eigenvalue weighted by Crippen LogP contribution is 2.15. The third-order valence-electron chi connectivity index (χ3n) is 3.95. The Hall–Kier alpha value is -3.07. The third kappa shape index (κ3) is 4.70. The molecule has 0 saturated heterocycles. The number of amides is 1. The highest BCUT2D eigenvalue weighted by atomic mass is 16.5. The van der Waals surface area contributed by atoms with Gasteiger partial charge in [0.2, 0.25) is 0 Å². The minimum absolute atomic E-state index is 0.116. The van der Waals surface area contributed by atoms with Gasteiger partial charge >= 0.3 is 0 Å². The Morgan fingerprint density at radius 2 is 1.36 bits per heavy atom. The van der Waals surface area contributed by atoms with E-state index >= 15 is 0 Å². The molecule has 3 heteroatoms. The van der Waals surface area contributed by atoms with Crippen LogP contribution in [-0.2, 0) is 6.61 Å². The highest BCUT2D eigenvalue weighted by molar-refractivity contribution is 6.04. The molecule has 0 aliphatic heterocycles. The molecule has 0 atom stereocenters. The van der Waals surface area contributed by atoms with Crippen molar-refractivity contribution in [3.05, 3.63) is 95.1 Å². The Morgan fingerprint density at radius 1 is 0.800 bits per heavy atom. The maximum Gasteiger partial charge on any atom is 0.255 e. The van der Waals surface area contributed by atoms with Gasteiger partial charge in [-0.15, -0.1) is 0 Å². The Labute approximate surface area is 148 Å². The first-order valence-corrected chi connectivity index (χ1v) is 8.26. The van der Waals surface area contributed by atoms with Crippen molar-refractivity contribution in [2.45, 2.75) is 20.5 Å². The number of aryl methyl sites for hydroxylation is 2. The number of carbonyl (C=O) groups excluding carboxylic acids is 1. The second-order valence-electron chi connectivity index (χ2n) is 6.12. The summed E-state index contributed by atoms with van der Waals surface area (Å²) in [6.07, 6.45) is 0. The third-order valence-corrected chi connectivity index (χ3v) is 3.95. The van der Waals surface area contributed by atoms with Crippen LogP contribution in [0.3, 0.4) is 0 Å². The van der Waals surface area contributed by atoms with E-state index in [4.69, 9.17) is 4.74 Å². The molecule has 0 heterocycles. The van der Waals surface area contributed by atoms with Crippen molar-refractivity contribution in [3.8, 4) is 5.75 Å². The van der Waals surface area contributed by atoms with Crippen LogP contribution in [0.1, 0.15) is 27.0 Å². The van der Waals surface area contributed by atoms with Crippen LogP contribution in [0.15, 0.2) is 72.8 Å². The fourth-order valence-electron chi connectivity index (χ4n) is 2.39. The van der Waals surface area contributed by atoms with Crippen molar-refractivity contribution >= 4 is 11.6 Å². The van der Waals surface area contributed by atoms with Crippen molar-refractivity contribution in [1.29, 1.82) is 0 Å². The molecule has 126 valence electrons. The standard InChI is InChI=1S/C22H21NO2/c1-16-3-11-20(12-4-16)23-22(24)19-9-7-18(8-10-19)15-25-21-13-5-17(2)6-14-21/h3-14H,15H2,1-2H3,(H,23,24). The van der Waals surface area contributed by atoms with Gasteiger partial charge in [0, 0.05) is 11.3 Å². The number of anilines is 1. The summed E-state index contributed by atoms with van der Waals surface area (Å²) in [5.41, 5.74) is 4.81. The molecule has 3 aromatic rings. The van der Waals surface area contributed by atoms with E-state index < -0.39 is 0 Å². The zero-order valence-corrected chi connectivity index (χ0v) is 14.5. The van der Waals surface area contributed by atoms with Crippen LogP contribution in [0, 0.1) is 13.8 Å². The molecule has 0 aliphatic rings. The van der Waals surface area contributed by atoms with Crippen LogP contribution < -0.4 is 10.1 Å². The Morgan fingerprint density at radius 3 is 1.96 bits per heavy atom. The Balaban J connectivity index is 1.58. The smallest absolute Gasteiger partial charge is 0.255 e. The van der Waals surface area contributed by atoms with E-state index in [0.29, 0.717) is 12.2 Å². The molecule has 0 fully saturated rings. The van der Waals surface area contributed by atoms with Crippen LogP contribution >= 0.6 is 0 Å². The van der Waals surface area contributed by atoms with E-state index in [-0.39, 0.29) is 5.91 Å². The van der Waals surface area contributed by atoms with E-state index in [9.17, 15) is 4.79 Å². The summed E-state index contributed by atoms with van der Waals surface area (Å²) in [6.45, 7) is 4.54. The van der Waals surface area contributed by atoms with Gasteiger partial charge in [0.15, 0.2) is 0 Å². The van der Waals surface area contributed by atoms with Crippen LogP contribution in [0.2, 0.25) is 0 Å². The first-order valence-electron chi connectivity index (χ1n) is 8.26. The van der Waals surface area contributed by atoms with Gasteiger partial charge in [0.1, 0.15) is 12.4 Å². The molecule has 1 amide bonds. The van der Waals surface area contributed by atoms with Crippen molar-refractivity contribution in [1.82, 2.24) is 0 Å². The van der Waals surface area contributed by atoms with E-state index in [2.05, 4.69) is 5.32 Å². The molecule has 3 rings (SSSR count). The number of hydrogen-bond acceptors (Lipinski definition) is 2. The maximum absolute atomic E-state index is 12.3. The number of benzene rings is 3. The van der Waals surface area contributed by atoms with Crippen molar-refractivity contribution in [3.63, 3.8) is 0 Å². The van der Waals surface area contributed by atoms with Crippen LogP contribution in [0.25, 0.3) is 0 Å². The summed E-state index contributed by atoms with van der Waals surface area (Å²) in [5.74, 6) is 0.724. The minimum Gasteiger partial charge on any atom is -0.489 e. The van der Waals surface area contributed by atoms with Gasteiger partial charge in [0.05, 0.1) is 0 Å². The van der Waals surface area contributed by atoms with Crippen LogP contribution in [0.4, 0.5) is 5.69 Å². The van der Waals surface area contributed by atoms with E-state index in [0.717, 1.165) is 22.6 Å². The summed E-state index contributed by atoms with van der Waals surface area (Å²) in [6, 6.07) is 23.2. The lowest BCUT2D eigenvalue weighted by atomic mass is 10.1. The van der Waals surface area contributed by atoms with Gasteiger partial charge in [-0.2, -0.15) is 0 Å². The topological polar surface area (TPSA) is 38.3 Å². The largest absolute Gasteiger partial charge is 0.489 e. The number of carbonyl (C=O) groups is 1. The van der Waals surface area contributed by atoms with Gasteiger partial charge in [-0.1, -0.05) is 47.5 Å². The average molecular weight is 331 g/mol.